The third kappa shape index (κ3) is 3.09. The molecule has 5 nitrogen and oxygen atoms in total. The second-order valence-corrected chi connectivity index (χ2v) is 7.86. The van der Waals surface area contributed by atoms with Crippen LogP contribution in [0, 0.1) is 0 Å². The number of methoxy groups -OCH3 is 1. The summed E-state index contributed by atoms with van der Waals surface area (Å²) in [6.07, 6.45) is 0. The first-order valence-electron chi connectivity index (χ1n) is 9.03. The van der Waals surface area contributed by atoms with Crippen molar-refractivity contribution in [3.8, 4) is 17.2 Å². The number of carboxylic acid groups (broad SMARTS) is 1. The summed E-state index contributed by atoms with van der Waals surface area (Å²) in [6.45, 7) is 6.29. The largest absolute Gasteiger partial charge is 0.497 e. The number of furan rings is 1. The molecule has 142 valence electrons. The van der Waals surface area contributed by atoms with Gasteiger partial charge in [-0.3, -0.25) is 0 Å². The first-order chi connectivity index (χ1) is 13.3. The van der Waals surface area contributed by atoms with Crippen LogP contribution in [0.5, 0.6) is 5.75 Å². The molecule has 0 atom stereocenters. The number of nitrogens with zero attached hydrogens (tertiary/aromatic N) is 1. The smallest absolute Gasteiger partial charge is 0.336 e. The minimum atomic E-state index is -0.988. The minimum Gasteiger partial charge on any atom is -0.497 e. The molecule has 4 aromatic rings. The molecule has 0 aliphatic rings. The average molecular weight is 375 g/mol. The van der Waals surface area contributed by atoms with Gasteiger partial charge in [-0.15, -0.1) is 0 Å². The van der Waals surface area contributed by atoms with E-state index in [0.29, 0.717) is 27.9 Å². The van der Waals surface area contributed by atoms with E-state index in [4.69, 9.17) is 9.15 Å². The van der Waals surface area contributed by atoms with Crippen LogP contribution in [0.25, 0.3) is 33.3 Å². The fourth-order valence-corrected chi connectivity index (χ4v) is 3.27. The molecular weight excluding hydrogens is 354 g/mol. The highest BCUT2D eigenvalue weighted by Gasteiger charge is 2.19. The molecule has 0 aliphatic heterocycles. The Morgan fingerprint density at radius 2 is 1.86 bits per heavy atom. The Morgan fingerprint density at radius 1 is 1.07 bits per heavy atom. The van der Waals surface area contributed by atoms with Gasteiger partial charge in [0.15, 0.2) is 5.76 Å². The molecule has 0 saturated carbocycles. The van der Waals surface area contributed by atoms with Gasteiger partial charge in [0, 0.05) is 10.8 Å². The lowest BCUT2D eigenvalue weighted by Gasteiger charge is -2.19. The van der Waals surface area contributed by atoms with Crippen molar-refractivity contribution >= 4 is 27.8 Å². The van der Waals surface area contributed by atoms with Crippen molar-refractivity contribution in [2.45, 2.75) is 26.2 Å². The Kier molecular flexibility index (Phi) is 4.11. The van der Waals surface area contributed by atoms with E-state index in [9.17, 15) is 9.90 Å². The minimum absolute atomic E-state index is 0.0829. The maximum Gasteiger partial charge on any atom is 0.336 e. The lowest BCUT2D eigenvalue weighted by atomic mass is 9.86. The molecule has 0 unspecified atom stereocenters. The molecule has 2 heterocycles. The maximum atomic E-state index is 11.9. The SMILES string of the molecule is COc1ccc2oc(-c3cc(C(=O)O)c4cc(C(C)(C)C)ccc4n3)cc2c1. The fraction of sp³-hybridized carbons (Fsp3) is 0.217. The predicted molar refractivity (Wildman–Crippen MR) is 109 cm³/mol. The van der Waals surface area contributed by atoms with E-state index >= 15 is 0 Å². The van der Waals surface area contributed by atoms with E-state index in [0.717, 1.165) is 16.7 Å². The number of benzene rings is 2. The molecular formula is C23H21NO4. The molecule has 0 bridgehead atoms. The predicted octanol–water partition coefficient (Wildman–Crippen LogP) is 5.65. The summed E-state index contributed by atoms with van der Waals surface area (Å²) in [5.74, 6) is 0.261. The monoisotopic (exact) mass is 375 g/mol. The van der Waals surface area contributed by atoms with E-state index in [1.54, 1.807) is 13.2 Å². The Hall–Kier alpha value is -3.34. The maximum absolute atomic E-state index is 11.9. The summed E-state index contributed by atoms with van der Waals surface area (Å²) in [5.41, 5.74) is 3.00. The topological polar surface area (TPSA) is 72.6 Å². The first kappa shape index (κ1) is 18.0. The second-order valence-electron chi connectivity index (χ2n) is 7.86. The van der Waals surface area contributed by atoms with E-state index in [1.807, 2.05) is 42.5 Å². The lowest BCUT2D eigenvalue weighted by Crippen LogP contribution is -2.11. The van der Waals surface area contributed by atoms with Gasteiger partial charge in [0.25, 0.3) is 0 Å². The standard InChI is InChI=1S/C23H21NO4/c1-23(2,3)14-5-7-18-16(11-14)17(22(25)26)12-19(24-18)21-10-13-9-15(27-4)6-8-20(13)28-21/h5-12H,1-4H3,(H,25,26). The van der Waals surface area contributed by atoms with Crippen LogP contribution in [0.3, 0.4) is 0 Å². The molecule has 0 fully saturated rings. The molecule has 2 aromatic carbocycles. The summed E-state index contributed by atoms with van der Waals surface area (Å²) < 4.78 is 11.2. The van der Waals surface area contributed by atoms with Gasteiger partial charge >= 0.3 is 5.97 Å². The van der Waals surface area contributed by atoms with Crippen LogP contribution in [0.4, 0.5) is 0 Å². The van der Waals surface area contributed by atoms with Crippen molar-refractivity contribution in [1.29, 1.82) is 0 Å². The van der Waals surface area contributed by atoms with Gasteiger partial charge in [0.1, 0.15) is 17.0 Å². The van der Waals surface area contributed by atoms with E-state index in [2.05, 4.69) is 25.8 Å². The molecule has 28 heavy (non-hydrogen) atoms. The summed E-state index contributed by atoms with van der Waals surface area (Å²) in [5, 5.41) is 11.3. The zero-order valence-electron chi connectivity index (χ0n) is 16.2. The van der Waals surface area contributed by atoms with E-state index in [1.165, 1.54) is 0 Å². The molecule has 0 amide bonds. The Morgan fingerprint density at radius 3 is 2.54 bits per heavy atom. The molecule has 1 N–H and O–H groups in total. The molecule has 4 rings (SSSR count). The van der Waals surface area contributed by atoms with Crippen molar-refractivity contribution in [2.24, 2.45) is 0 Å². The van der Waals surface area contributed by atoms with Crippen LogP contribution in [0.2, 0.25) is 0 Å². The number of carboxylic acids is 1. The quantitative estimate of drug-likeness (QED) is 0.501. The Labute approximate surface area is 162 Å². The number of hydrogen-bond acceptors (Lipinski definition) is 4. The summed E-state index contributed by atoms with van der Waals surface area (Å²) in [4.78, 5) is 16.6. The third-order valence-electron chi connectivity index (χ3n) is 4.88. The highest BCUT2D eigenvalue weighted by atomic mass is 16.5. The summed E-state index contributed by atoms with van der Waals surface area (Å²) in [6, 6.07) is 14.7. The number of carbonyl (C=O) groups is 1. The van der Waals surface area contributed by atoms with Gasteiger partial charge in [-0.25, -0.2) is 9.78 Å². The molecule has 0 spiro atoms. The average Bonchev–Trinajstić information content (AvgIpc) is 3.08. The highest BCUT2D eigenvalue weighted by molar-refractivity contribution is 6.04. The number of hydrogen-bond donors (Lipinski definition) is 1. The highest BCUT2D eigenvalue weighted by Crippen LogP contribution is 2.33. The van der Waals surface area contributed by atoms with Crippen LogP contribution in [0.15, 0.2) is 52.9 Å². The Balaban J connectivity index is 1.92. The molecule has 2 aromatic heterocycles. The Bertz CT molecular complexity index is 1210. The van der Waals surface area contributed by atoms with Gasteiger partial charge in [-0.05, 0) is 53.4 Å². The summed E-state index contributed by atoms with van der Waals surface area (Å²) >= 11 is 0. The van der Waals surface area contributed by atoms with Crippen molar-refractivity contribution in [1.82, 2.24) is 4.98 Å². The normalized spacial score (nSPS) is 11.9. The van der Waals surface area contributed by atoms with Crippen molar-refractivity contribution in [3.05, 3.63) is 59.7 Å². The van der Waals surface area contributed by atoms with Gasteiger partial charge < -0.3 is 14.3 Å². The zero-order valence-corrected chi connectivity index (χ0v) is 16.2. The van der Waals surface area contributed by atoms with Crippen molar-refractivity contribution in [3.63, 3.8) is 0 Å². The number of ether oxygens (including phenoxy) is 1. The number of rotatable bonds is 3. The van der Waals surface area contributed by atoms with Gasteiger partial charge in [0.05, 0.1) is 18.2 Å². The van der Waals surface area contributed by atoms with Crippen LogP contribution in [-0.4, -0.2) is 23.2 Å². The van der Waals surface area contributed by atoms with Crippen LogP contribution < -0.4 is 4.74 Å². The molecule has 0 saturated heterocycles. The second kappa shape index (κ2) is 6.37. The number of aromatic carboxylic acids is 1. The van der Waals surface area contributed by atoms with E-state index in [-0.39, 0.29) is 11.0 Å². The van der Waals surface area contributed by atoms with Gasteiger partial charge in [0.2, 0.25) is 0 Å². The molecule has 5 heteroatoms. The number of fused-ring (bicyclic) bond motifs is 2. The van der Waals surface area contributed by atoms with Crippen LogP contribution >= 0.6 is 0 Å². The molecule has 0 aliphatic carbocycles. The fourth-order valence-electron chi connectivity index (χ4n) is 3.27. The van der Waals surface area contributed by atoms with Crippen LogP contribution in [-0.2, 0) is 5.41 Å². The van der Waals surface area contributed by atoms with Crippen molar-refractivity contribution in [2.75, 3.05) is 7.11 Å². The third-order valence-corrected chi connectivity index (χ3v) is 4.88. The van der Waals surface area contributed by atoms with Gasteiger partial charge in [-0.1, -0.05) is 26.8 Å². The summed E-state index contributed by atoms with van der Waals surface area (Å²) in [7, 11) is 1.61. The van der Waals surface area contributed by atoms with Gasteiger partial charge in [-0.2, -0.15) is 0 Å². The number of aromatic nitrogens is 1. The van der Waals surface area contributed by atoms with Crippen LogP contribution in [0.1, 0.15) is 36.7 Å². The number of pyridine rings is 1. The molecule has 0 radical (unpaired) electrons. The van der Waals surface area contributed by atoms with Crippen molar-refractivity contribution < 1.29 is 19.1 Å². The lowest BCUT2D eigenvalue weighted by molar-refractivity contribution is 0.0699. The first-order valence-corrected chi connectivity index (χ1v) is 9.03. The van der Waals surface area contributed by atoms with E-state index < -0.39 is 5.97 Å². The zero-order chi connectivity index (χ0) is 20.1.